The molecule has 0 bridgehead atoms. The minimum Gasteiger partial charge on any atom is -0.495 e. The fourth-order valence-electron chi connectivity index (χ4n) is 2.24. The van der Waals surface area contributed by atoms with Gasteiger partial charge in [-0.3, -0.25) is 0 Å². The van der Waals surface area contributed by atoms with Crippen LogP contribution in [0.1, 0.15) is 11.1 Å². The molecule has 3 heteroatoms. The van der Waals surface area contributed by atoms with Gasteiger partial charge in [-0.05, 0) is 36.7 Å². The lowest BCUT2D eigenvalue weighted by Gasteiger charge is -2.17. The van der Waals surface area contributed by atoms with Gasteiger partial charge in [0.1, 0.15) is 5.75 Å². The molecule has 0 aromatic heterocycles. The number of hydrogen-bond donors (Lipinski definition) is 1. The van der Waals surface area contributed by atoms with Gasteiger partial charge in [0.15, 0.2) is 0 Å². The summed E-state index contributed by atoms with van der Waals surface area (Å²) < 4.78 is 5.17. The number of benzene rings is 2. The zero-order chi connectivity index (χ0) is 14.4. The third-order valence-electron chi connectivity index (χ3n) is 3.37. The van der Waals surface area contributed by atoms with Crippen LogP contribution in [0.15, 0.2) is 48.5 Å². The molecule has 2 rings (SSSR count). The first kappa shape index (κ1) is 14.4. The second kappa shape index (κ2) is 6.96. The van der Waals surface area contributed by atoms with Crippen molar-refractivity contribution in [2.24, 2.45) is 0 Å². The standard InChI is InChI=1S/C17H22N2O/c1-19(11-10-14-6-4-3-5-7-14)13-15-8-9-17(20-2)16(18)12-15/h3-9,12H,10-11,13,18H2,1-2H3. The lowest BCUT2D eigenvalue weighted by atomic mass is 10.1. The van der Waals surface area contributed by atoms with Crippen LogP contribution in [0.2, 0.25) is 0 Å². The molecule has 106 valence electrons. The maximum atomic E-state index is 5.93. The van der Waals surface area contributed by atoms with Crippen LogP contribution >= 0.6 is 0 Å². The predicted octanol–water partition coefficient (Wildman–Crippen LogP) is 2.95. The Balaban J connectivity index is 1.88. The molecule has 0 amide bonds. The molecule has 0 aliphatic heterocycles. The third kappa shape index (κ3) is 4.00. The minimum absolute atomic E-state index is 0.696. The van der Waals surface area contributed by atoms with Crippen molar-refractivity contribution < 1.29 is 4.74 Å². The zero-order valence-electron chi connectivity index (χ0n) is 12.2. The van der Waals surface area contributed by atoms with E-state index in [1.807, 2.05) is 18.2 Å². The summed E-state index contributed by atoms with van der Waals surface area (Å²) in [5.74, 6) is 0.737. The Bertz CT molecular complexity index is 540. The van der Waals surface area contributed by atoms with Crippen molar-refractivity contribution in [3.63, 3.8) is 0 Å². The van der Waals surface area contributed by atoms with Crippen LogP contribution in [0.3, 0.4) is 0 Å². The van der Waals surface area contributed by atoms with E-state index in [9.17, 15) is 0 Å². The van der Waals surface area contributed by atoms with Crippen LogP contribution in [0.25, 0.3) is 0 Å². The summed E-state index contributed by atoms with van der Waals surface area (Å²) in [6.07, 6.45) is 1.06. The summed E-state index contributed by atoms with van der Waals surface area (Å²) in [7, 11) is 3.76. The first-order valence-corrected chi connectivity index (χ1v) is 6.84. The quantitative estimate of drug-likeness (QED) is 0.820. The molecule has 2 aromatic carbocycles. The first-order valence-electron chi connectivity index (χ1n) is 6.84. The Morgan fingerprint density at radius 3 is 2.45 bits per heavy atom. The lowest BCUT2D eigenvalue weighted by molar-refractivity contribution is 0.331. The van der Waals surface area contributed by atoms with Crippen molar-refractivity contribution in [1.29, 1.82) is 0 Å². The molecule has 0 aliphatic rings. The van der Waals surface area contributed by atoms with Crippen LogP contribution in [-0.2, 0) is 13.0 Å². The van der Waals surface area contributed by atoms with Gasteiger partial charge in [0, 0.05) is 13.1 Å². The largest absolute Gasteiger partial charge is 0.495 e. The van der Waals surface area contributed by atoms with E-state index in [0.29, 0.717) is 5.69 Å². The Hall–Kier alpha value is -2.00. The van der Waals surface area contributed by atoms with Crippen LogP contribution in [0.5, 0.6) is 5.75 Å². The average Bonchev–Trinajstić information content (AvgIpc) is 2.46. The van der Waals surface area contributed by atoms with Crippen LogP contribution in [0, 0.1) is 0 Å². The van der Waals surface area contributed by atoms with Gasteiger partial charge in [-0.1, -0.05) is 36.4 Å². The molecule has 0 atom stereocenters. The van der Waals surface area contributed by atoms with E-state index in [1.54, 1.807) is 7.11 Å². The van der Waals surface area contributed by atoms with Gasteiger partial charge in [-0.15, -0.1) is 0 Å². The van der Waals surface area contributed by atoms with Gasteiger partial charge < -0.3 is 15.4 Å². The molecule has 0 fully saturated rings. The maximum Gasteiger partial charge on any atom is 0.141 e. The lowest BCUT2D eigenvalue weighted by Crippen LogP contribution is -2.20. The van der Waals surface area contributed by atoms with Crippen molar-refractivity contribution in [3.8, 4) is 5.75 Å². The summed E-state index contributed by atoms with van der Waals surface area (Å²) in [5.41, 5.74) is 9.20. The topological polar surface area (TPSA) is 38.5 Å². The fraction of sp³-hybridized carbons (Fsp3) is 0.294. The van der Waals surface area contributed by atoms with Crippen molar-refractivity contribution in [3.05, 3.63) is 59.7 Å². The van der Waals surface area contributed by atoms with E-state index in [0.717, 1.165) is 25.3 Å². The number of likely N-dealkylation sites (N-methyl/N-ethyl adjacent to an activating group) is 1. The van der Waals surface area contributed by atoms with Gasteiger partial charge in [0.2, 0.25) is 0 Å². The summed E-state index contributed by atoms with van der Waals surface area (Å²) in [4.78, 5) is 2.30. The average molecular weight is 270 g/mol. The Morgan fingerprint density at radius 1 is 1.05 bits per heavy atom. The molecule has 0 unspecified atom stereocenters. The zero-order valence-corrected chi connectivity index (χ0v) is 12.2. The molecule has 0 heterocycles. The van der Waals surface area contributed by atoms with Crippen molar-refractivity contribution in [2.45, 2.75) is 13.0 Å². The van der Waals surface area contributed by atoms with E-state index >= 15 is 0 Å². The molecule has 0 aliphatic carbocycles. The summed E-state index contributed by atoms with van der Waals surface area (Å²) in [6, 6.07) is 16.5. The van der Waals surface area contributed by atoms with Crippen LogP contribution < -0.4 is 10.5 Å². The van der Waals surface area contributed by atoms with Crippen molar-refractivity contribution >= 4 is 5.69 Å². The van der Waals surface area contributed by atoms with E-state index in [4.69, 9.17) is 10.5 Å². The predicted molar refractivity (Wildman–Crippen MR) is 83.9 cm³/mol. The van der Waals surface area contributed by atoms with E-state index in [2.05, 4.69) is 42.3 Å². The molecule has 20 heavy (non-hydrogen) atoms. The normalized spacial score (nSPS) is 10.8. The molecule has 0 spiro atoms. The van der Waals surface area contributed by atoms with Gasteiger partial charge in [-0.2, -0.15) is 0 Å². The SMILES string of the molecule is COc1ccc(CN(C)CCc2ccccc2)cc1N. The number of nitrogens with two attached hydrogens (primary N) is 1. The molecule has 0 saturated heterocycles. The van der Waals surface area contributed by atoms with Crippen LogP contribution in [-0.4, -0.2) is 25.6 Å². The number of hydrogen-bond acceptors (Lipinski definition) is 3. The molecule has 0 saturated carbocycles. The molecular weight excluding hydrogens is 248 g/mol. The molecule has 2 N–H and O–H groups in total. The Morgan fingerprint density at radius 2 is 1.80 bits per heavy atom. The molecule has 0 radical (unpaired) electrons. The highest BCUT2D eigenvalue weighted by atomic mass is 16.5. The maximum absolute atomic E-state index is 5.93. The van der Waals surface area contributed by atoms with Crippen molar-refractivity contribution in [1.82, 2.24) is 4.90 Å². The van der Waals surface area contributed by atoms with Gasteiger partial charge in [0.05, 0.1) is 12.8 Å². The van der Waals surface area contributed by atoms with Gasteiger partial charge in [0.25, 0.3) is 0 Å². The molecule has 2 aromatic rings. The van der Waals surface area contributed by atoms with Gasteiger partial charge in [-0.25, -0.2) is 0 Å². The fourth-order valence-corrected chi connectivity index (χ4v) is 2.24. The van der Waals surface area contributed by atoms with Crippen molar-refractivity contribution in [2.75, 3.05) is 26.4 Å². The summed E-state index contributed by atoms with van der Waals surface area (Å²) >= 11 is 0. The Labute approximate surface area is 121 Å². The second-order valence-electron chi connectivity index (χ2n) is 5.05. The van der Waals surface area contributed by atoms with E-state index < -0.39 is 0 Å². The second-order valence-corrected chi connectivity index (χ2v) is 5.05. The molecule has 3 nitrogen and oxygen atoms in total. The number of ether oxygens (including phenoxy) is 1. The highest BCUT2D eigenvalue weighted by Crippen LogP contribution is 2.22. The summed E-state index contributed by atoms with van der Waals surface area (Å²) in [5, 5.41) is 0. The highest BCUT2D eigenvalue weighted by Gasteiger charge is 2.04. The number of methoxy groups -OCH3 is 1. The summed E-state index contributed by atoms with van der Waals surface area (Å²) in [6.45, 7) is 1.91. The van der Waals surface area contributed by atoms with Crippen LogP contribution in [0.4, 0.5) is 5.69 Å². The number of nitrogens with zero attached hydrogens (tertiary/aromatic N) is 1. The number of nitrogen functional groups attached to an aromatic ring is 1. The highest BCUT2D eigenvalue weighted by molar-refractivity contribution is 5.54. The van der Waals surface area contributed by atoms with E-state index in [1.165, 1.54) is 11.1 Å². The third-order valence-corrected chi connectivity index (χ3v) is 3.37. The molecular formula is C17H22N2O. The van der Waals surface area contributed by atoms with E-state index in [-0.39, 0.29) is 0 Å². The smallest absolute Gasteiger partial charge is 0.141 e. The monoisotopic (exact) mass is 270 g/mol. The minimum atomic E-state index is 0.696. The number of rotatable bonds is 6. The Kier molecular flexibility index (Phi) is 5.02. The number of anilines is 1. The van der Waals surface area contributed by atoms with Gasteiger partial charge >= 0.3 is 0 Å². The first-order chi connectivity index (χ1) is 9.69.